The van der Waals surface area contributed by atoms with Gasteiger partial charge in [0.2, 0.25) is 0 Å². The van der Waals surface area contributed by atoms with Crippen molar-refractivity contribution in [2.45, 2.75) is 20.1 Å². The normalized spacial score (nSPS) is 13.2. The summed E-state index contributed by atoms with van der Waals surface area (Å²) >= 11 is 0. The van der Waals surface area contributed by atoms with Crippen LogP contribution in [0, 0.1) is 6.92 Å². The molecule has 0 saturated carbocycles. The van der Waals surface area contributed by atoms with Gasteiger partial charge in [0, 0.05) is 12.3 Å². The predicted molar refractivity (Wildman–Crippen MR) is 72.4 cm³/mol. The van der Waals surface area contributed by atoms with Gasteiger partial charge >= 0.3 is 6.09 Å². The molecule has 2 heterocycles. The fourth-order valence-electron chi connectivity index (χ4n) is 2.08. The van der Waals surface area contributed by atoms with Crippen molar-refractivity contribution in [2.75, 3.05) is 0 Å². The van der Waals surface area contributed by atoms with E-state index in [-0.39, 0.29) is 6.61 Å². The van der Waals surface area contributed by atoms with Crippen molar-refractivity contribution in [3.05, 3.63) is 59.1 Å². The molecule has 1 aliphatic rings. The molecule has 0 saturated heterocycles. The molecule has 0 atom stereocenters. The molecule has 102 valence electrons. The second-order valence-electron chi connectivity index (χ2n) is 4.63. The highest BCUT2D eigenvalue weighted by Gasteiger charge is 2.18. The first-order valence-corrected chi connectivity index (χ1v) is 6.34. The summed E-state index contributed by atoms with van der Waals surface area (Å²) in [5.74, 6) is 0.697. The molecular weight excluding hydrogens is 256 g/mol. The Kier molecular flexibility index (Phi) is 3.25. The maximum absolute atomic E-state index is 12.0. The lowest BCUT2D eigenvalue weighted by molar-refractivity contribution is 0.106. The minimum Gasteiger partial charge on any atom is -0.443 e. The Labute approximate surface area is 116 Å². The van der Waals surface area contributed by atoms with E-state index in [2.05, 4.69) is 5.16 Å². The van der Waals surface area contributed by atoms with Crippen molar-refractivity contribution in [1.29, 1.82) is 0 Å². The number of carbonyl (C=O) groups excluding carboxylic acids is 1. The smallest absolute Gasteiger partial charge is 0.414 e. The second-order valence-corrected chi connectivity index (χ2v) is 4.63. The van der Waals surface area contributed by atoms with E-state index in [9.17, 15) is 4.79 Å². The van der Waals surface area contributed by atoms with Gasteiger partial charge in [0.15, 0.2) is 0 Å². The van der Waals surface area contributed by atoms with Crippen molar-refractivity contribution < 1.29 is 14.1 Å². The zero-order valence-corrected chi connectivity index (χ0v) is 11.1. The van der Waals surface area contributed by atoms with Crippen LogP contribution in [0.1, 0.15) is 22.6 Å². The van der Waals surface area contributed by atoms with Gasteiger partial charge in [-0.25, -0.2) is 4.79 Å². The first-order valence-electron chi connectivity index (χ1n) is 6.34. The third kappa shape index (κ3) is 2.56. The maximum Gasteiger partial charge on any atom is 0.414 e. The zero-order valence-electron chi connectivity index (χ0n) is 11.1. The number of ether oxygens (including phenoxy) is 1. The summed E-state index contributed by atoms with van der Waals surface area (Å²) in [6.07, 6.45) is 3.25. The van der Waals surface area contributed by atoms with Crippen LogP contribution in [0.3, 0.4) is 0 Å². The van der Waals surface area contributed by atoms with Gasteiger partial charge < -0.3 is 9.26 Å². The minimum absolute atomic E-state index is 0.113. The molecule has 5 nitrogen and oxygen atoms in total. The van der Waals surface area contributed by atoms with E-state index in [1.807, 2.05) is 30.3 Å². The van der Waals surface area contributed by atoms with Crippen LogP contribution in [0.5, 0.6) is 0 Å². The predicted octanol–water partition coefficient (Wildman–Crippen LogP) is 3.11. The monoisotopic (exact) mass is 270 g/mol. The highest BCUT2D eigenvalue weighted by molar-refractivity contribution is 5.72. The summed E-state index contributed by atoms with van der Waals surface area (Å²) in [5.41, 5.74) is 2.84. The van der Waals surface area contributed by atoms with E-state index >= 15 is 0 Å². The number of benzene rings is 1. The summed E-state index contributed by atoms with van der Waals surface area (Å²) in [6, 6.07) is 9.70. The third-order valence-corrected chi connectivity index (χ3v) is 3.08. The van der Waals surface area contributed by atoms with Crippen molar-refractivity contribution in [3.8, 4) is 0 Å². The Morgan fingerprint density at radius 3 is 3.10 bits per heavy atom. The van der Waals surface area contributed by atoms with Crippen molar-refractivity contribution in [1.82, 2.24) is 10.1 Å². The van der Waals surface area contributed by atoms with Crippen LogP contribution in [0.25, 0.3) is 6.08 Å². The van der Waals surface area contributed by atoms with E-state index in [0.29, 0.717) is 18.0 Å². The summed E-state index contributed by atoms with van der Waals surface area (Å²) < 4.78 is 10.1. The number of amides is 1. The largest absolute Gasteiger partial charge is 0.443 e. The Morgan fingerprint density at radius 1 is 1.45 bits per heavy atom. The third-order valence-electron chi connectivity index (χ3n) is 3.08. The first-order chi connectivity index (χ1) is 9.72. The number of fused-ring (bicyclic) bond motifs is 1. The van der Waals surface area contributed by atoms with E-state index in [0.717, 1.165) is 11.1 Å². The van der Waals surface area contributed by atoms with Gasteiger partial charge in [0.1, 0.15) is 18.1 Å². The molecule has 0 spiro atoms. The molecule has 1 amide bonds. The molecule has 5 heteroatoms. The lowest BCUT2D eigenvalue weighted by atomic mass is 10.1. The van der Waals surface area contributed by atoms with Crippen molar-refractivity contribution in [3.63, 3.8) is 0 Å². The standard InChI is InChI=1S/C15H14N2O3/c1-11-8-14(16-20-11)10-19-15(18)17-7-6-12-4-2-3-5-13(12)9-17/h2-8H,9-10H2,1H3. The van der Waals surface area contributed by atoms with Gasteiger partial charge in [-0.1, -0.05) is 29.4 Å². The molecule has 3 rings (SSSR count). The number of aromatic nitrogens is 1. The molecule has 0 N–H and O–H groups in total. The van der Waals surface area contributed by atoms with Gasteiger partial charge in [-0.3, -0.25) is 4.90 Å². The fourth-order valence-corrected chi connectivity index (χ4v) is 2.08. The Morgan fingerprint density at radius 2 is 2.30 bits per heavy atom. The molecule has 0 unspecified atom stereocenters. The average Bonchev–Trinajstić information content (AvgIpc) is 2.90. The number of hydrogen-bond acceptors (Lipinski definition) is 4. The lowest BCUT2D eigenvalue weighted by Crippen LogP contribution is -2.27. The van der Waals surface area contributed by atoms with Crippen LogP contribution in [-0.2, 0) is 17.9 Å². The molecule has 0 bridgehead atoms. The molecule has 1 aliphatic heterocycles. The summed E-state index contributed by atoms with van der Waals surface area (Å²) in [5, 5.41) is 3.78. The van der Waals surface area contributed by atoms with E-state index in [4.69, 9.17) is 9.26 Å². The van der Waals surface area contributed by atoms with Crippen LogP contribution >= 0.6 is 0 Å². The van der Waals surface area contributed by atoms with Crippen LogP contribution in [-0.4, -0.2) is 16.1 Å². The van der Waals surface area contributed by atoms with Gasteiger partial charge in [-0.15, -0.1) is 0 Å². The zero-order chi connectivity index (χ0) is 13.9. The summed E-state index contributed by atoms with van der Waals surface area (Å²) in [4.78, 5) is 13.5. The van der Waals surface area contributed by atoms with Gasteiger partial charge in [-0.05, 0) is 24.1 Å². The summed E-state index contributed by atoms with van der Waals surface area (Å²) in [6.45, 7) is 2.42. The SMILES string of the molecule is Cc1cc(COC(=O)N2C=Cc3ccccc3C2)no1. The maximum atomic E-state index is 12.0. The first kappa shape index (κ1) is 12.5. The summed E-state index contributed by atoms with van der Waals surface area (Å²) in [7, 11) is 0. The van der Waals surface area contributed by atoms with Gasteiger partial charge in [0.25, 0.3) is 0 Å². The molecular formula is C15H14N2O3. The highest BCUT2D eigenvalue weighted by Crippen LogP contribution is 2.20. The van der Waals surface area contributed by atoms with Crippen LogP contribution < -0.4 is 0 Å². The topological polar surface area (TPSA) is 55.6 Å². The molecule has 20 heavy (non-hydrogen) atoms. The fraction of sp³-hybridized carbons (Fsp3) is 0.200. The number of hydrogen-bond donors (Lipinski definition) is 0. The van der Waals surface area contributed by atoms with Gasteiger partial charge in [0.05, 0.1) is 6.54 Å². The quantitative estimate of drug-likeness (QED) is 0.841. The highest BCUT2D eigenvalue weighted by atomic mass is 16.6. The number of rotatable bonds is 2. The number of aryl methyl sites for hydroxylation is 1. The second kappa shape index (κ2) is 5.21. The Bertz CT molecular complexity index is 661. The molecule has 2 aromatic rings. The van der Waals surface area contributed by atoms with Gasteiger partial charge in [-0.2, -0.15) is 0 Å². The molecule has 1 aromatic heterocycles. The number of nitrogens with zero attached hydrogens (tertiary/aromatic N) is 2. The van der Waals surface area contributed by atoms with Crippen LogP contribution in [0.2, 0.25) is 0 Å². The van der Waals surface area contributed by atoms with Crippen LogP contribution in [0.15, 0.2) is 41.1 Å². The number of carbonyl (C=O) groups is 1. The molecule has 0 aliphatic carbocycles. The van der Waals surface area contributed by atoms with Crippen molar-refractivity contribution >= 4 is 12.2 Å². The lowest BCUT2D eigenvalue weighted by Gasteiger charge is -2.22. The van der Waals surface area contributed by atoms with E-state index < -0.39 is 6.09 Å². The minimum atomic E-state index is -0.392. The molecule has 0 radical (unpaired) electrons. The Balaban J connectivity index is 1.62. The molecule has 1 aromatic carbocycles. The molecule has 0 fully saturated rings. The average molecular weight is 270 g/mol. The Hall–Kier alpha value is -2.56. The van der Waals surface area contributed by atoms with E-state index in [1.54, 1.807) is 19.2 Å². The van der Waals surface area contributed by atoms with E-state index in [1.165, 1.54) is 4.90 Å². The van der Waals surface area contributed by atoms with Crippen molar-refractivity contribution in [2.24, 2.45) is 0 Å². The van der Waals surface area contributed by atoms with Crippen LogP contribution in [0.4, 0.5) is 4.79 Å².